The highest BCUT2D eigenvalue weighted by atomic mass is 19.1. The molecule has 1 aliphatic rings. The number of hydrogen-bond donors (Lipinski definition) is 1. The lowest BCUT2D eigenvalue weighted by molar-refractivity contribution is -0.325. The van der Waals surface area contributed by atoms with Crippen LogP contribution in [0.4, 0.5) is 4.39 Å². The number of rotatable bonds is 16. The smallest absolute Gasteiger partial charge is 0.187 e. The van der Waals surface area contributed by atoms with Gasteiger partial charge in [-0.15, -0.1) is 0 Å². The molecular weight excluding hydrogens is 694 g/mol. The number of aromatic nitrogens is 1. The average Bonchev–Trinajstić information content (AvgIpc) is 3.65. The highest BCUT2D eigenvalue weighted by Gasteiger charge is 2.49. The van der Waals surface area contributed by atoms with Gasteiger partial charge in [0.05, 0.1) is 26.4 Å². The standard InChI is InChI=1S/C47H44FNO6/c48-39-21-23-40(24-22-39)51-32-43-44(52-29-33-11-3-1-4-12-33)45(53-30-34-13-5-2-6-14-34)46(54-31-35-19-20-36-15-7-8-16-37(36)27-35)47(55-43)50-26-25-38-28-49-42-18-10-9-17-41(38)42/h1-24,27-28,43-47,49H,25-26,29-32H2/t43-,44-,45+,46-,47-/m1/s1. The van der Waals surface area contributed by atoms with Gasteiger partial charge in [-0.25, -0.2) is 4.39 Å². The number of nitrogens with one attached hydrogen (secondary N) is 1. The Kier molecular flexibility index (Phi) is 11.9. The Bertz CT molecular complexity index is 2250. The number of benzene rings is 6. The first-order valence-electron chi connectivity index (χ1n) is 18.8. The van der Waals surface area contributed by atoms with Crippen molar-refractivity contribution in [1.29, 1.82) is 0 Å². The van der Waals surface area contributed by atoms with Gasteiger partial charge in [-0.3, -0.25) is 0 Å². The number of halogens is 1. The summed E-state index contributed by atoms with van der Waals surface area (Å²) in [5, 5.41) is 3.45. The van der Waals surface area contributed by atoms with Crippen molar-refractivity contribution in [3.63, 3.8) is 0 Å². The van der Waals surface area contributed by atoms with Crippen molar-refractivity contribution < 1.29 is 32.8 Å². The fourth-order valence-corrected chi connectivity index (χ4v) is 7.10. The van der Waals surface area contributed by atoms with Gasteiger partial charge < -0.3 is 33.4 Å². The minimum atomic E-state index is -0.829. The maximum absolute atomic E-state index is 13.8. The topological polar surface area (TPSA) is 71.2 Å². The molecule has 8 rings (SSSR count). The van der Waals surface area contributed by atoms with Crippen LogP contribution >= 0.6 is 0 Å². The monoisotopic (exact) mass is 737 g/mol. The van der Waals surface area contributed by atoms with Gasteiger partial charge >= 0.3 is 0 Å². The predicted molar refractivity (Wildman–Crippen MR) is 211 cm³/mol. The lowest BCUT2D eigenvalue weighted by atomic mass is 9.97. The van der Waals surface area contributed by atoms with Crippen LogP contribution in [0.5, 0.6) is 5.75 Å². The molecule has 1 saturated heterocycles. The molecule has 6 aromatic carbocycles. The van der Waals surface area contributed by atoms with Crippen LogP contribution in [0, 0.1) is 5.82 Å². The van der Waals surface area contributed by atoms with Crippen molar-refractivity contribution in [2.75, 3.05) is 13.2 Å². The number of aromatic amines is 1. The molecule has 55 heavy (non-hydrogen) atoms. The Hall–Kier alpha value is -5.35. The molecule has 280 valence electrons. The molecule has 7 nitrogen and oxygen atoms in total. The van der Waals surface area contributed by atoms with Crippen LogP contribution in [0.1, 0.15) is 22.3 Å². The number of ether oxygens (including phenoxy) is 6. The zero-order valence-corrected chi connectivity index (χ0v) is 30.5. The maximum atomic E-state index is 13.8. The summed E-state index contributed by atoms with van der Waals surface area (Å²) < 4.78 is 54.0. The Balaban J connectivity index is 1.11. The van der Waals surface area contributed by atoms with Crippen LogP contribution in [0.15, 0.2) is 158 Å². The van der Waals surface area contributed by atoms with Gasteiger partial charge in [0.1, 0.15) is 42.6 Å². The first-order valence-corrected chi connectivity index (χ1v) is 18.8. The van der Waals surface area contributed by atoms with Crippen LogP contribution in [0.2, 0.25) is 0 Å². The van der Waals surface area contributed by atoms with E-state index in [-0.39, 0.29) is 12.4 Å². The molecule has 0 aliphatic carbocycles. The molecule has 8 heteroatoms. The molecule has 1 N–H and O–H groups in total. The highest BCUT2D eigenvalue weighted by molar-refractivity contribution is 5.83. The van der Waals surface area contributed by atoms with Crippen molar-refractivity contribution >= 4 is 21.7 Å². The summed E-state index contributed by atoms with van der Waals surface area (Å²) in [4.78, 5) is 3.36. The minimum absolute atomic E-state index is 0.107. The van der Waals surface area contributed by atoms with Crippen molar-refractivity contribution in [2.24, 2.45) is 0 Å². The first kappa shape index (κ1) is 36.6. The first-order chi connectivity index (χ1) is 27.2. The molecule has 0 radical (unpaired) electrons. The van der Waals surface area contributed by atoms with E-state index in [9.17, 15) is 4.39 Å². The lowest BCUT2D eigenvalue weighted by Gasteiger charge is -2.45. The maximum Gasteiger partial charge on any atom is 0.187 e. The fourth-order valence-electron chi connectivity index (χ4n) is 7.10. The van der Waals surface area contributed by atoms with Gasteiger partial charge in [0.15, 0.2) is 6.29 Å². The van der Waals surface area contributed by atoms with E-state index in [0.29, 0.717) is 38.6 Å². The molecule has 1 fully saturated rings. The van der Waals surface area contributed by atoms with Crippen LogP contribution in [-0.4, -0.2) is 48.9 Å². The molecule has 1 aromatic heterocycles. The summed E-state index contributed by atoms with van der Waals surface area (Å²) in [7, 11) is 0. The minimum Gasteiger partial charge on any atom is -0.491 e. The van der Waals surface area contributed by atoms with E-state index in [1.807, 2.05) is 91.1 Å². The third-order valence-corrected chi connectivity index (χ3v) is 9.97. The summed E-state index contributed by atoms with van der Waals surface area (Å²) in [6, 6.07) is 48.9. The molecular formula is C47H44FNO6. The number of para-hydroxylation sites is 1. The third kappa shape index (κ3) is 9.31. The third-order valence-electron chi connectivity index (χ3n) is 9.97. The summed E-state index contributed by atoms with van der Waals surface area (Å²) in [5.74, 6) is 0.176. The van der Waals surface area contributed by atoms with Crippen molar-refractivity contribution in [3.8, 4) is 5.75 Å². The Morgan fingerprint density at radius 1 is 0.564 bits per heavy atom. The number of hydrogen-bond acceptors (Lipinski definition) is 6. The van der Waals surface area contributed by atoms with E-state index in [4.69, 9.17) is 28.4 Å². The van der Waals surface area contributed by atoms with E-state index in [1.54, 1.807) is 12.1 Å². The van der Waals surface area contributed by atoms with Gasteiger partial charge in [-0.1, -0.05) is 115 Å². The van der Waals surface area contributed by atoms with E-state index >= 15 is 0 Å². The molecule has 0 spiro atoms. The molecule has 0 amide bonds. The Morgan fingerprint density at radius 2 is 1.20 bits per heavy atom. The van der Waals surface area contributed by atoms with E-state index in [2.05, 4.69) is 47.4 Å². The second kappa shape index (κ2) is 17.9. The normalized spacial score (nSPS) is 19.8. The van der Waals surface area contributed by atoms with E-state index < -0.39 is 30.7 Å². The van der Waals surface area contributed by atoms with Gasteiger partial charge in [0.2, 0.25) is 0 Å². The van der Waals surface area contributed by atoms with Crippen LogP contribution in [0.3, 0.4) is 0 Å². The Morgan fingerprint density at radius 3 is 1.96 bits per heavy atom. The average molecular weight is 738 g/mol. The summed E-state index contributed by atoms with van der Waals surface area (Å²) in [5.41, 5.74) is 5.26. The lowest BCUT2D eigenvalue weighted by Crippen LogP contribution is -2.62. The van der Waals surface area contributed by atoms with Crippen molar-refractivity contribution in [2.45, 2.75) is 56.9 Å². The summed E-state index contributed by atoms with van der Waals surface area (Å²) in [6.07, 6.45) is -0.708. The van der Waals surface area contributed by atoms with Gasteiger partial charge in [-0.05, 0) is 75.8 Å². The highest BCUT2D eigenvalue weighted by Crippen LogP contribution is 2.32. The van der Waals surface area contributed by atoms with E-state index in [0.717, 1.165) is 43.9 Å². The SMILES string of the molecule is Fc1ccc(OC[C@H]2O[C@@H](OCCc3c[nH]c4ccccc34)[C@H](OCc3ccc4ccccc4c3)[C@@H](OCc3ccccc3)[C@@H]2OCc2ccccc2)cc1. The van der Waals surface area contributed by atoms with Crippen molar-refractivity contribution in [3.05, 3.63) is 186 Å². The molecule has 0 saturated carbocycles. The zero-order chi connectivity index (χ0) is 37.2. The molecule has 2 heterocycles. The van der Waals surface area contributed by atoms with Gasteiger partial charge in [0, 0.05) is 17.1 Å². The second-order valence-corrected chi connectivity index (χ2v) is 13.8. The summed E-state index contributed by atoms with van der Waals surface area (Å²) in [6.45, 7) is 1.41. The van der Waals surface area contributed by atoms with Gasteiger partial charge in [-0.2, -0.15) is 0 Å². The van der Waals surface area contributed by atoms with E-state index in [1.165, 1.54) is 12.1 Å². The molecule has 0 unspecified atom stereocenters. The van der Waals surface area contributed by atoms with Crippen LogP contribution in [-0.2, 0) is 49.9 Å². The second-order valence-electron chi connectivity index (χ2n) is 13.8. The Labute approximate surface area is 320 Å². The van der Waals surface area contributed by atoms with Crippen LogP contribution < -0.4 is 4.74 Å². The predicted octanol–water partition coefficient (Wildman–Crippen LogP) is 9.58. The largest absolute Gasteiger partial charge is 0.491 e. The molecule has 5 atom stereocenters. The number of fused-ring (bicyclic) bond motifs is 2. The molecule has 1 aliphatic heterocycles. The van der Waals surface area contributed by atoms with Crippen LogP contribution in [0.25, 0.3) is 21.7 Å². The zero-order valence-electron chi connectivity index (χ0n) is 30.5. The molecule has 0 bridgehead atoms. The van der Waals surface area contributed by atoms with Gasteiger partial charge in [0.25, 0.3) is 0 Å². The summed E-state index contributed by atoms with van der Waals surface area (Å²) >= 11 is 0. The van der Waals surface area contributed by atoms with Crippen molar-refractivity contribution in [1.82, 2.24) is 4.98 Å². The molecule has 7 aromatic rings. The quantitative estimate of drug-likeness (QED) is 0.107. The fraction of sp³-hybridized carbons (Fsp3) is 0.234. The number of H-pyrrole nitrogens is 1.